The second-order valence-electron chi connectivity index (χ2n) is 4.13. The molecule has 7 heteroatoms. The summed E-state index contributed by atoms with van der Waals surface area (Å²) < 4.78 is 1.50. The van der Waals surface area contributed by atoms with Crippen LogP contribution in [0.1, 0.15) is 5.82 Å². The molecule has 2 aromatic heterocycles. The Balaban J connectivity index is 1.82. The summed E-state index contributed by atoms with van der Waals surface area (Å²) in [5, 5.41) is 5.67. The van der Waals surface area contributed by atoms with Crippen LogP contribution in [0.25, 0.3) is 10.2 Å². The zero-order valence-electron chi connectivity index (χ0n) is 10.1. The van der Waals surface area contributed by atoms with E-state index < -0.39 is 0 Å². The van der Waals surface area contributed by atoms with Crippen LogP contribution in [-0.2, 0) is 6.54 Å². The molecule has 0 fully saturated rings. The van der Waals surface area contributed by atoms with Crippen molar-refractivity contribution in [3.8, 4) is 0 Å². The monoisotopic (exact) mass is 369 g/mol. The number of nitrogens with zero attached hydrogens (tertiary/aromatic N) is 1. The summed E-state index contributed by atoms with van der Waals surface area (Å²) in [6, 6.07) is 7.42. The van der Waals surface area contributed by atoms with E-state index in [4.69, 9.17) is 11.6 Å². The first-order valence-electron chi connectivity index (χ1n) is 5.79. The van der Waals surface area contributed by atoms with Gasteiger partial charge in [0.1, 0.15) is 10.5 Å². The molecule has 3 aromatic rings. The lowest BCUT2D eigenvalue weighted by molar-refractivity contribution is 0.956. The molecular formula is C13H9BrClN3OS. The highest BCUT2D eigenvalue weighted by atomic mass is 79.9. The third-order valence-corrected chi connectivity index (χ3v) is 4.88. The summed E-state index contributed by atoms with van der Waals surface area (Å²) in [6.45, 7) is 0.430. The molecule has 0 amide bonds. The summed E-state index contributed by atoms with van der Waals surface area (Å²) in [5.41, 5.74) is 1.49. The third-order valence-electron chi connectivity index (χ3n) is 2.74. The number of fused-ring (bicyclic) bond motifs is 1. The van der Waals surface area contributed by atoms with E-state index in [9.17, 15) is 4.79 Å². The van der Waals surface area contributed by atoms with E-state index in [1.165, 1.54) is 11.3 Å². The molecule has 2 N–H and O–H groups in total. The molecule has 0 bridgehead atoms. The average Bonchev–Trinajstić information content (AvgIpc) is 2.89. The number of rotatable bonds is 3. The number of nitrogens with one attached hydrogen (secondary N) is 2. The largest absolute Gasteiger partial charge is 0.378 e. The van der Waals surface area contributed by atoms with Crippen LogP contribution < -0.4 is 10.9 Å². The first-order valence-corrected chi connectivity index (χ1v) is 7.84. The van der Waals surface area contributed by atoms with Gasteiger partial charge in [0.15, 0.2) is 0 Å². The molecule has 2 heterocycles. The van der Waals surface area contributed by atoms with Crippen LogP contribution in [0, 0.1) is 0 Å². The Hall–Kier alpha value is -1.37. The fourth-order valence-electron chi connectivity index (χ4n) is 1.80. The van der Waals surface area contributed by atoms with Crippen molar-refractivity contribution in [3.63, 3.8) is 0 Å². The Labute approximate surface area is 131 Å². The molecule has 3 rings (SSSR count). The number of H-pyrrole nitrogens is 1. The Morgan fingerprint density at radius 1 is 1.40 bits per heavy atom. The maximum atomic E-state index is 11.8. The summed E-state index contributed by atoms with van der Waals surface area (Å²) in [5.74, 6) is 0.597. The molecule has 0 spiro atoms. The van der Waals surface area contributed by atoms with Gasteiger partial charge >= 0.3 is 0 Å². The molecule has 0 aliphatic rings. The molecule has 0 aliphatic heterocycles. The second-order valence-corrected chi connectivity index (χ2v) is 6.31. The normalized spacial score (nSPS) is 10.9. The van der Waals surface area contributed by atoms with Gasteiger partial charge in [-0.05, 0) is 45.6 Å². The highest BCUT2D eigenvalue weighted by Gasteiger charge is 2.05. The first kappa shape index (κ1) is 13.6. The van der Waals surface area contributed by atoms with Crippen molar-refractivity contribution in [1.82, 2.24) is 9.97 Å². The van der Waals surface area contributed by atoms with E-state index in [0.717, 1.165) is 15.7 Å². The summed E-state index contributed by atoms with van der Waals surface area (Å²) >= 11 is 10.8. The fraction of sp³-hybridized carbons (Fsp3) is 0.0769. The fourth-order valence-corrected chi connectivity index (χ4v) is 2.95. The smallest absolute Gasteiger partial charge is 0.268 e. The molecule has 20 heavy (non-hydrogen) atoms. The molecule has 0 saturated heterocycles. The van der Waals surface area contributed by atoms with E-state index >= 15 is 0 Å². The van der Waals surface area contributed by atoms with E-state index in [-0.39, 0.29) is 5.56 Å². The van der Waals surface area contributed by atoms with Gasteiger partial charge in [-0.25, -0.2) is 4.98 Å². The van der Waals surface area contributed by atoms with Gasteiger partial charge in [-0.2, -0.15) is 0 Å². The van der Waals surface area contributed by atoms with Crippen LogP contribution in [0.2, 0.25) is 5.02 Å². The van der Waals surface area contributed by atoms with Crippen molar-refractivity contribution in [1.29, 1.82) is 0 Å². The van der Waals surface area contributed by atoms with E-state index in [2.05, 4.69) is 31.2 Å². The van der Waals surface area contributed by atoms with E-state index in [1.54, 1.807) is 0 Å². The Morgan fingerprint density at radius 3 is 3.05 bits per heavy atom. The van der Waals surface area contributed by atoms with Crippen molar-refractivity contribution in [2.24, 2.45) is 0 Å². The number of hydrogen-bond donors (Lipinski definition) is 2. The highest BCUT2D eigenvalue weighted by molar-refractivity contribution is 9.10. The Kier molecular flexibility index (Phi) is 3.78. The average molecular weight is 371 g/mol. The number of aromatic nitrogens is 2. The summed E-state index contributed by atoms with van der Waals surface area (Å²) in [4.78, 5) is 19.0. The Morgan fingerprint density at radius 2 is 2.25 bits per heavy atom. The van der Waals surface area contributed by atoms with E-state index in [1.807, 2.05) is 29.6 Å². The molecule has 4 nitrogen and oxygen atoms in total. The predicted molar refractivity (Wildman–Crippen MR) is 86.7 cm³/mol. The SMILES string of the molecule is O=c1[nH]c(CNc2ccc(Br)c(Cl)c2)nc2ccsc12. The molecule has 0 saturated carbocycles. The lowest BCUT2D eigenvalue weighted by Crippen LogP contribution is -2.13. The van der Waals surface area contributed by atoms with Crippen molar-refractivity contribution < 1.29 is 0 Å². The number of anilines is 1. The minimum atomic E-state index is -0.101. The topological polar surface area (TPSA) is 57.8 Å². The number of halogens is 2. The summed E-state index contributed by atoms with van der Waals surface area (Å²) in [7, 11) is 0. The number of benzene rings is 1. The lowest BCUT2D eigenvalue weighted by Gasteiger charge is -2.07. The highest BCUT2D eigenvalue weighted by Crippen LogP contribution is 2.25. The zero-order chi connectivity index (χ0) is 14.1. The van der Waals surface area contributed by atoms with E-state index in [0.29, 0.717) is 22.1 Å². The van der Waals surface area contributed by atoms with Gasteiger partial charge < -0.3 is 10.3 Å². The predicted octanol–water partition coefficient (Wildman–Crippen LogP) is 4.01. The summed E-state index contributed by atoms with van der Waals surface area (Å²) in [6.07, 6.45) is 0. The van der Waals surface area contributed by atoms with Gasteiger partial charge in [0, 0.05) is 10.2 Å². The zero-order valence-corrected chi connectivity index (χ0v) is 13.3. The standard InChI is InChI=1S/C13H9BrClN3OS/c14-8-2-1-7(5-9(8)15)16-6-11-17-10-3-4-20-12(10)13(19)18-11/h1-5,16H,6H2,(H,17,18,19). The quantitative estimate of drug-likeness (QED) is 0.732. The molecule has 0 atom stereocenters. The van der Waals surface area contributed by atoms with Gasteiger partial charge in [-0.15, -0.1) is 11.3 Å². The molecule has 0 unspecified atom stereocenters. The number of aromatic amines is 1. The van der Waals surface area contributed by atoms with Gasteiger partial charge in [0.25, 0.3) is 5.56 Å². The van der Waals surface area contributed by atoms with Crippen LogP contribution in [0.4, 0.5) is 5.69 Å². The van der Waals surface area contributed by atoms with Gasteiger partial charge in [-0.3, -0.25) is 4.79 Å². The van der Waals surface area contributed by atoms with Gasteiger partial charge in [0.05, 0.1) is 17.1 Å². The van der Waals surface area contributed by atoms with Crippen LogP contribution in [0.15, 0.2) is 38.9 Å². The molecule has 102 valence electrons. The van der Waals surface area contributed by atoms with Gasteiger partial charge in [-0.1, -0.05) is 11.6 Å². The maximum Gasteiger partial charge on any atom is 0.268 e. The number of thiophene rings is 1. The van der Waals surface area contributed by atoms with Crippen LogP contribution in [-0.4, -0.2) is 9.97 Å². The van der Waals surface area contributed by atoms with Gasteiger partial charge in [0.2, 0.25) is 0 Å². The first-order chi connectivity index (χ1) is 9.63. The molecule has 1 aromatic carbocycles. The molecule has 0 aliphatic carbocycles. The Bertz CT molecular complexity index is 830. The van der Waals surface area contributed by atoms with Crippen LogP contribution in [0.3, 0.4) is 0 Å². The minimum absolute atomic E-state index is 0.101. The molecule has 0 radical (unpaired) electrons. The molecular weight excluding hydrogens is 362 g/mol. The van der Waals surface area contributed by atoms with Crippen molar-refractivity contribution in [3.05, 3.63) is 55.3 Å². The number of hydrogen-bond acceptors (Lipinski definition) is 4. The third kappa shape index (κ3) is 2.72. The minimum Gasteiger partial charge on any atom is -0.378 e. The van der Waals surface area contributed by atoms with Crippen molar-refractivity contribution in [2.45, 2.75) is 6.54 Å². The second kappa shape index (κ2) is 5.55. The van der Waals surface area contributed by atoms with Crippen molar-refractivity contribution in [2.75, 3.05) is 5.32 Å². The van der Waals surface area contributed by atoms with Crippen LogP contribution in [0.5, 0.6) is 0 Å². The lowest BCUT2D eigenvalue weighted by atomic mass is 10.3. The maximum absolute atomic E-state index is 11.8. The van der Waals surface area contributed by atoms with Crippen molar-refractivity contribution >= 4 is 54.8 Å². The van der Waals surface area contributed by atoms with Crippen LogP contribution >= 0.6 is 38.9 Å².